The zero-order valence-electron chi connectivity index (χ0n) is 14.1. The van der Waals surface area contributed by atoms with Gasteiger partial charge in [0, 0.05) is 24.5 Å². The van der Waals surface area contributed by atoms with Gasteiger partial charge in [-0.2, -0.15) is 5.10 Å². The van der Waals surface area contributed by atoms with Gasteiger partial charge in [-0.05, 0) is 6.42 Å². The molecule has 1 aliphatic heterocycles. The summed E-state index contributed by atoms with van der Waals surface area (Å²) < 4.78 is 6.46. The van der Waals surface area contributed by atoms with Crippen LogP contribution in [0, 0.1) is 0 Å². The monoisotopic (exact) mass is 363 g/mol. The molecule has 3 heterocycles. The summed E-state index contributed by atoms with van der Waals surface area (Å²) in [5.74, 6) is -0.262. The molecule has 1 N–H and O–H groups in total. The molecular formula is C16H21N5O3S. The molecule has 1 amide bonds. The normalized spacial score (nSPS) is 14.5. The van der Waals surface area contributed by atoms with Gasteiger partial charge in [0.1, 0.15) is 11.6 Å². The minimum absolute atomic E-state index is 0.103. The Morgan fingerprint density at radius 3 is 2.88 bits per heavy atom. The van der Waals surface area contributed by atoms with Gasteiger partial charge in [0.25, 0.3) is 5.56 Å². The lowest BCUT2D eigenvalue weighted by atomic mass is 10.3. The van der Waals surface area contributed by atoms with E-state index in [1.807, 2.05) is 12.3 Å². The Kier molecular flexibility index (Phi) is 5.77. The van der Waals surface area contributed by atoms with Crippen LogP contribution < -0.4 is 15.8 Å². The smallest absolute Gasteiger partial charge is 0.269 e. The van der Waals surface area contributed by atoms with E-state index in [-0.39, 0.29) is 18.0 Å². The molecule has 2 aromatic rings. The molecule has 9 heteroatoms. The molecule has 0 saturated carbocycles. The molecule has 2 aromatic heterocycles. The molecule has 0 bridgehead atoms. The largest absolute Gasteiger partial charge is 0.378 e. The van der Waals surface area contributed by atoms with Crippen LogP contribution in [-0.2, 0) is 29.0 Å². The van der Waals surface area contributed by atoms with Crippen molar-refractivity contribution < 1.29 is 9.53 Å². The maximum absolute atomic E-state index is 12.2. The molecule has 0 aliphatic carbocycles. The van der Waals surface area contributed by atoms with Crippen molar-refractivity contribution in [3.8, 4) is 0 Å². The van der Waals surface area contributed by atoms with E-state index in [4.69, 9.17) is 4.74 Å². The number of aryl methyl sites for hydroxylation is 1. The van der Waals surface area contributed by atoms with Crippen LogP contribution in [0.1, 0.15) is 17.6 Å². The average molecular weight is 363 g/mol. The SMILES string of the molecule is CCc1csc(CNC(=O)Cn2ncc(N3CCOCC3)cc2=O)n1. The Labute approximate surface area is 149 Å². The van der Waals surface area contributed by atoms with E-state index >= 15 is 0 Å². The summed E-state index contributed by atoms with van der Waals surface area (Å²) in [5.41, 5.74) is 1.49. The first kappa shape index (κ1) is 17.6. The van der Waals surface area contributed by atoms with Gasteiger partial charge in [-0.3, -0.25) is 9.59 Å². The summed E-state index contributed by atoms with van der Waals surface area (Å²) in [6.45, 7) is 5.05. The molecule has 1 saturated heterocycles. The van der Waals surface area contributed by atoms with Crippen molar-refractivity contribution >= 4 is 22.9 Å². The first-order valence-corrected chi connectivity index (χ1v) is 9.13. The van der Waals surface area contributed by atoms with Crippen LogP contribution in [0.15, 0.2) is 22.4 Å². The fourth-order valence-corrected chi connectivity index (χ4v) is 3.31. The lowest BCUT2D eigenvalue weighted by molar-refractivity contribution is -0.122. The summed E-state index contributed by atoms with van der Waals surface area (Å²) in [6, 6.07) is 1.51. The second-order valence-electron chi connectivity index (χ2n) is 5.67. The number of hydrogen-bond donors (Lipinski definition) is 1. The van der Waals surface area contributed by atoms with Gasteiger partial charge in [-0.25, -0.2) is 9.67 Å². The Hall–Kier alpha value is -2.26. The fraction of sp³-hybridized carbons (Fsp3) is 0.500. The zero-order valence-corrected chi connectivity index (χ0v) is 14.9. The second-order valence-corrected chi connectivity index (χ2v) is 6.61. The number of morpholine rings is 1. The third kappa shape index (κ3) is 4.64. The van der Waals surface area contributed by atoms with E-state index in [0.29, 0.717) is 19.8 Å². The van der Waals surface area contributed by atoms with Crippen LogP contribution in [0.25, 0.3) is 0 Å². The molecule has 1 aliphatic rings. The maximum Gasteiger partial charge on any atom is 0.269 e. The van der Waals surface area contributed by atoms with Crippen molar-refractivity contribution in [3.05, 3.63) is 38.7 Å². The topological polar surface area (TPSA) is 89.4 Å². The first-order valence-electron chi connectivity index (χ1n) is 8.25. The molecular weight excluding hydrogens is 342 g/mol. The number of aromatic nitrogens is 3. The standard InChI is InChI=1S/C16H21N5O3S/c1-2-12-11-25-15(19-12)9-17-14(22)10-21-16(23)7-13(8-18-21)20-3-5-24-6-4-20/h7-8,11H,2-6,9-10H2,1H3,(H,17,22). The molecule has 0 spiro atoms. The predicted octanol–water partition coefficient (Wildman–Crippen LogP) is 0.415. The van der Waals surface area contributed by atoms with Gasteiger partial charge in [0.15, 0.2) is 0 Å². The third-order valence-corrected chi connectivity index (χ3v) is 4.82. The molecule has 1 fully saturated rings. The van der Waals surface area contributed by atoms with Crippen LogP contribution in [0.4, 0.5) is 5.69 Å². The highest BCUT2D eigenvalue weighted by Gasteiger charge is 2.13. The number of anilines is 1. The minimum Gasteiger partial charge on any atom is -0.378 e. The number of ether oxygens (including phenoxy) is 1. The molecule has 0 unspecified atom stereocenters. The van der Waals surface area contributed by atoms with Crippen molar-refractivity contribution in [2.45, 2.75) is 26.4 Å². The minimum atomic E-state index is -0.290. The Bertz CT molecular complexity index is 782. The van der Waals surface area contributed by atoms with Gasteiger partial charge < -0.3 is 15.0 Å². The molecule has 0 atom stereocenters. The fourth-order valence-electron chi connectivity index (χ4n) is 2.50. The van der Waals surface area contributed by atoms with Crippen molar-refractivity contribution in [1.82, 2.24) is 20.1 Å². The predicted molar refractivity (Wildman–Crippen MR) is 94.9 cm³/mol. The van der Waals surface area contributed by atoms with Gasteiger partial charge in [0.2, 0.25) is 5.91 Å². The molecule has 0 aromatic carbocycles. The van der Waals surface area contributed by atoms with Crippen molar-refractivity contribution in [2.24, 2.45) is 0 Å². The summed E-state index contributed by atoms with van der Waals surface area (Å²) in [6.07, 6.45) is 2.49. The second kappa shape index (κ2) is 8.21. The Morgan fingerprint density at radius 1 is 1.40 bits per heavy atom. The maximum atomic E-state index is 12.2. The number of nitrogens with zero attached hydrogens (tertiary/aromatic N) is 4. The lowest BCUT2D eigenvalue weighted by Gasteiger charge is -2.28. The molecule has 3 rings (SSSR count). The van der Waals surface area contributed by atoms with Gasteiger partial charge >= 0.3 is 0 Å². The molecule has 134 valence electrons. The number of hydrogen-bond acceptors (Lipinski definition) is 7. The quantitative estimate of drug-likeness (QED) is 0.800. The van der Waals surface area contributed by atoms with Gasteiger partial charge in [-0.15, -0.1) is 11.3 Å². The van der Waals surface area contributed by atoms with E-state index in [2.05, 4.69) is 20.3 Å². The van der Waals surface area contributed by atoms with E-state index in [1.54, 1.807) is 6.20 Å². The number of carbonyl (C=O) groups excluding carboxylic acids is 1. The Morgan fingerprint density at radius 2 is 2.20 bits per heavy atom. The summed E-state index contributed by atoms with van der Waals surface area (Å²) in [4.78, 5) is 30.7. The van der Waals surface area contributed by atoms with Gasteiger partial charge in [-0.1, -0.05) is 6.92 Å². The molecule has 8 nitrogen and oxygen atoms in total. The van der Waals surface area contributed by atoms with Crippen LogP contribution in [0.5, 0.6) is 0 Å². The lowest BCUT2D eigenvalue weighted by Crippen LogP contribution is -2.38. The van der Waals surface area contributed by atoms with E-state index in [1.165, 1.54) is 22.1 Å². The summed E-state index contributed by atoms with van der Waals surface area (Å²) in [5, 5.41) is 9.72. The highest BCUT2D eigenvalue weighted by atomic mass is 32.1. The van der Waals surface area contributed by atoms with Crippen LogP contribution in [0.2, 0.25) is 0 Å². The average Bonchev–Trinajstić information content (AvgIpc) is 3.10. The van der Waals surface area contributed by atoms with Crippen molar-refractivity contribution in [2.75, 3.05) is 31.2 Å². The van der Waals surface area contributed by atoms with E-state index in [0.717, 1.165) is 35.9 Å². The number of amides is 1. The first-order chi connectivity index (χ1) is 12.2. The van der Waals surface area contributed by atoms with Crippen molar-refractivity contribution in [1.29, 1.82) is 0 Å². The molecule has 25 heavy (non-hydrogen) atoms. The highest BCUT2D eigenvalue weighted by molar-refractivity contribution is 7.09. The number of carbonyl (C=O) groups is 1. The zero-order chi connectivity index (χ0) is 17.6. The number of rotatable bonds is 6. The van der Waals surface area contributed by atoms with Crippen molar-refractivity contribution in [3.63, 3.8) is 0 Å². The van der Waals surface area contributed by atoms with Crippen LogP contribution in [0.3, 0.4) is 0 Å². The van der Waals surface area contributed by atoms with E-state index < -0.39 is 0 Å². The molecule has 0 radical (unpaired) electrons. The van der Waals surface area contributed by atoms with Crippen LogP contribution in [-0.4, -0.2) is 47.0 Å². The van der Waals surface area contributed by atoms with Crippen LogP contribution >= 0.6 is 11.3 Å². The summed E-state index contributed by atoms with van der Waals surface area (Å²) in [7, 11) is 0. The highest BCUT2D eigenvalue weighted by Crippen LogP contribution is 2.11. The van der Waals surface area contributed by atoms with E-state index in [9.17, 15) is 9.59 Å². The number of thiazole rings is 1. The van der Waals surface area contributed by atoms with Gasteiger partial charge in [0.05, 0.1) is 37.3 Å². The third-order valence-electron chi connectivity index (χ3n) is 3.92. The Balaban J connectivity index is 1.56. The summed E-state index contributed by atoms with van der Waals surface area (Å²) >= 11 is 1.52. The number of nitrogens with one attached hydrogen (secondary N) is 1.